The molecule has 1 aromatic carbocycles. The maximum atomic E-state index is 13.4. The fourth-order valence-electron chi connectivity index (χ4n) is 5.66. The van der Waals surface area contributed by atoms with Crippen LogP contribution in [0.4, 0.5) is 0 Å². The Hall–Kier alpha value is -2.21. The molecule has 6 nitrogen and oxygen atoms in total. The Morgan fingerprint density at radius 2 is 1.96 bits per heavy atom. The number of nitrogens with zero attached hydrogens (tertiary/aromatic N) is 3. The van der Waals surface area contributed by atoms with Crippen LogP contribution in [0.3, 0.4) is 0 Å². The number of hydrogen-bond acceptors (Lipinski definition) is 4. The van der Waals surface area contributed by atoms with Crippen LogP contribution in [-0.4, -0.2) is 40.3 Å². The van der Waals surface area contributed by atoms with Crippen LogP contribution < -0.4 is 10.6 Å². The molecule has 2 N–H and O–H groups in total. The number of nitrogens with one attached hydrogen (secondary N) is 2. The SMILES string of the molecule is O=C(NCCc1nnc2n1CCNCC2)C1(c2ccccc2)CC12CCCC2. The Kier molecular flexibility index (Phi) is 4.46. The predicted molar refractivity (Wildman–Crippen MR) is 107 cm³/mol. The van der Waals surface area contributed by atoms with E-state index in [1.54, 1.807) is 0 Å². The zero-order valence-corrected chi connectivity index (χ0v) is 16.4. The molecule has 1 aromatic heterocycles. The summed E-state index contributed by atoms with van der Waals surface area (Å²) in [7, 11) is 0. The quantitative estimate of drug-likeness (QED) is 0.833. The molecule has 0 radical (unpaired) electrons. The van der Waals surface area contributed by atoms with Crippen molar-refractivity contribution in [3.63, 3.8) is 0 Å². The predicted octanol–water partition coefficient (Wildman–Crippen LogP) is 1.98. The van der Waals surface area contributed by atoms with Crippen molar-refractivity contribution in [1.82, 2.24) is 25.4 Å². The molecule has 2 fully saturated rings. The van der Waals surface area contributed by atoms with Crippen LogP contribution in [0.2, 0.25) is 0 Å². The van der Waals surface area contributed by atoms with E-state index in [2.05, 4.69) is 49.7 Å². The number of benzene rings is 1. The van der Waals surface area contributed by atoms with E-state index in [1.165, 1.54) is 31.2 Å². The minimum absolute atomic E-state index is 0.191. The first-order chi connectivity index (χ1) is 13.8. The molecule has 1 atom stereocenters. The highest BCUT2D eigenvalue weighted by atomic mass is 16.2. The fourth-order valence-corrected chi connectivity index (χ4v) is 5.66. The van der Waals surface area contributed by atoms with Gasteiger partial charge in [-0.15, -0.1) is 10.2 Å². The van der Waals surface area contributed by atoms with Gasteiger partial charge in [-0.1, -0.05) is 43.2 Å². The molecule has 2 aromatic rings. The summed E-state index contributed by atoms with van der Waals surface area (Å²) in [5.41, 5.74) is 1.06. The summed E-state index contributed by atoms with van der Waals surface area (Å²) in [6.07, 6.45) is 7.51. The van der Waals surface area contributed by atoms with Crippen LogP contribution in [0.15, 0.2) is 30.3 Å². The van der Waals surface area contributed by atoms with Crippen LogP contribution in [-0.2, 0) is 29.6 Å². The van der Waals surface area contributed by atoms with E-state index in [0.29, 0.717) is 6.54 Å². The molecule has 2 aliphatic carbocycles. The van der Waals surface area contributed by atoms with Gasteiger partial charge >= 0.3 is 0 Å². The molecule has 1 spiro atoms. The molecular formula is C22H29N5O. The van der Waals surface area contributed by atoms with Crippen molar-refractivity contribution in [2.45, 2.75) is 56.9 Å². The van der Waals surface area contributed by atoms with Crippen LogP contribution >= 0.6 is 0 Å². The van der Waals surface area contributed by atoms with Gasteiger partial charge in [-0.2, -0.15) is 0 Å². The highest BCUT2D eigenvalue weighted by Crippen LogP contribution is 2.72. The molecule has 6 heteroatoms. The molecule has 28 heavy (non-hydrogen) atoms. The van der Waals surface area contributed by atoms with Crippen LogP contribution in [0.5, 0.6) is 0 Å². The summed E-state index contributed by atoms with van der Waals surface area (Å²) < 4.78 is 2.22. The van der Waals surface area contributed by atoms with Crippen molar-refractivity contribution in [1.29, 1.82) is 0 Å². The average molecular weight is 380 g/mol. The van der Waals surface area contributed by atoms with Crippen molar-refractivity contribution < 1.29 is 4.79 Å². The normalized spacial score (nSPS) is 25.3. The maximum absolute atomic E-state index is 13.4. The fraction of sp³-hybridized carbons (Fsp3) is 0.591. The lowest BCUT2D eigenvalue weighted by molar-refractivity contribution is -0.124. The van der Waals surface area contributed by atoms with E-state index in [0.717, 1.165) is 50.5 Å². The van der Waals surface area contributed by atoms with Crippen molar-refractivity contribution in [2.24, 2.45) is 5.41 Å². The molecule has 0 saturated heterocycles. The van der Waals surface area contributed by atoms with Crippen molar-refractivity contribution in [3.05, 3.63) is 47.5 Å². The summed E-state index contributed by atoms with van der Waals surface area (Å²) >= 11 is 0. The molecule has 3 aliphatic rings. The topological polar surface area (TPSA) is 71.8 Å². The van der Waals surface area contributed by atoms with E-state index in [9.17, 15) is 4.79 Å². The van der Waals surface area contributed by atoms with E-state index in [1.807, 2.05) is 6.07 Å². The first-order valence-electron chi connectivity index (χ1n) is 10.7. The Balaban J connectivity index is 1.29. The Morgan fingerprint density at radius 1 is 1.14 bits per heavy atom. The molecule has 2 heterocycles. The first kappa shape index (κ1) is 17.9. The zero-order valence-electron chi connectivity index (χ0n) is 16.4. The van der Waals surface area contributed by atoms with Crippen molar-refractivity contribution in [3.8, 4) is 0 Å². The van der Waals surface area contributed by atoms with Gasteiger partial charge < -0.3 is 15.2 Å². The monoisotopic (exact) mass is 379 g/mol. The van der Waals surface area contributed by atoms with Gasteiger partial charge in [0.05, 0.1) is 5.41 Å². The van der Waals surface area contributed by atoms with Gasteiger partial charge in [-0.25, -0.2) is 0 Å². The molecule has 1 amide bonds. The minimum Gasteiger partial charge on any atom is -0.355 e. The average Bonchev–Trinajstić information content (AvgIpc) is 3.02. The number of fused-ring (bicyclic) bond motifs is 1. The van der Waals surface area contributed by atoms with E-state index in [4.69, 9.17) is 0 Å². The molecule has 1 aliphatic heterocycles. The van der Waals surface area contributed by atoms with Gasteiger partial charge in [-0.3, -0.25) is 4.79 Å². The summed E-state index contributed by atoms with van der Waals surface area (Å²) in [5.74, 6) is 2.25. The van der Waals surface area contributed by atoms with Crippen molar-refractivity contribution in [2.75, 3.05) is 19.6 Å². The molecule has 148 valence electrons. The number of rotatable bonds is 5. The third-order valence-electron chi connectivity index (χ3n) is 7.17. The lowest BCUT2D eigenvalue weighted by Gasteiger charge is -2.22. The Morgan fingerprint density at radius 3 is 2.79 bits per heavy atom. The number of amides is 1. The Labute approximate surface area is 166 Å². The number of hydrogen-bond donors (Lipinski definition) is 2. The largest absolute Gasteiger partial charge is 0.355 e. The number of aromatic nitrogens is 3. The highest BCUT2D eigenvalue weighted by molar-refractivity contribution is 5.93. The molecule has 2 saturated carbocycles. The van der Waals surface area contributed by atoms with E-state index in [-0.39, 0.29) is 16.7 Å². The smallest absolute Gasteiger partial charge is 0.231 e. The second kappa shape index (κ2) is 6.99. The van der Waals surface area contributed by atoms with Gasteiger partial charge in [0.1, 0.15) is 11.6 Å². The van der Waals surface area contributed by atoms with Crippen molar-refractivity contribution >= 4 is 5.91 Å². The Bertz CT molecular complexity index is 855. The third kappa shape index (κ3) is 2.77. The third-order valence-corrected chi connectivity index (χ3v) is 7.17. The van der Waals surface area contributed by atoms with Gasteiger partial charge in [0.2, 0.25) is 5.91 Å². The number of carbonyl (C=O) groups excluding carboxylic acids is 1. The van der Waals surface area contributed by atoms with Gasteiger partial charge in [-0.05, 0) is 30.2 Å². The summed E-state index contributed by atoms with van der Waals surface area (Å²) in [6, 6.07) is 10.4. The molecule has 5 rings (SSSR count). The van der Waals surface area contributed by atoms with Crippen LogP contribution in [0, 0.1) is 5.41 Å². The molecule has 0 bridgehead atoms. The second-order valence-corrected chi connectivity index (χ2v) is 8.63. The van der Waals surface area contributed by atoms with E-state index < -0.39 is 0 Å². The van der Waals surface area contributed by atoms with Gasteiger partial charge in [0.25, 0.3) is 0 Å². The van der Waals surface area contributed by atoms with E-state index >= 15 is 0 Å². The molecule has 1 unspecified atom stereocenters. The zero-order chi connectivity index (χ0) is 19.0. The van der Waals surface area contributed by atoms with Gasteiger partial charge in [0.15, 0.2) is 0 Å². The minimum atomic E-state index is -0.323. The highest BCUT2D eigenvalue weighted by Gasteiger charge is 2.72. The van der Waals surface area contributed by atoms with Crippen LogP contribution in [0.25, 0.3) is 0 Å². The standard InChI is InChI=1S/C22H29N5O/c28-20(24-13-9-19-26-25-18-8-12-23-14-15-27(18)19)22(17-6-2-1-3-7-17)16-21(22)10-4-5-11-21/h1-3,6-7,23H,4-5,8-16H2,(H,24,28). The lowest BCUT2D eigenvalue weighted by atomic mass is 9.84. The number of carbonyl (C=O) groups is 1. The first-order valence-corrected chi connectivity index (χ1v) is 10.7. The summed E-state index contributed by atoms with van der Waals surface area (Å²) in [5, 5.41) is 15.4. The van der Waals surface area contributed by atoms with Crippen LogP contribution in [0.1, 0.15) is 49.3 Å². The summed E-state index contributed by atoms with van der Waals surface area (Å²) in [4.78, 5) is 13.4. The summed E-state index contributed by atoms with van der Waals surface area (Å²) in [6.45, 7) is 3.43. The molecular weight excluding hydrogens is 350 g/mol. The maximum Gasteiger partial charge on any atom is 0.231 e. The lowest BCUT2D eigenvalue weighted by Crippen LogP contribution is -2.39. The van der Waals surface area contributed by atoms with Gasteiger partial charge in [0, 0.05) is 39.0 Å². The second-order valence-electron chi connectivity index (χ2n) is 8.63.